The minimum absolute atomic E-state index is 0.125. The second-order valence-corrected chi connectivity index (χ2v) is 10.2. The van der Waals surface area contributed by atoms with Crippen molar-refractivity contribution < 1.29 is 31.9 Å². The number of benzene rings is 1. The highest BCUT2D eigenvalue weighted by Gasteiger charge is 2.72. The molecule has 1 N–H and O–H groups in total. The van der Waals surface area contributed by atoms with E-state index in [9.17, 15) is 18.0 Å². The maximum absolute atomic E-state index is 12.8. The molecule has 4 aliphatic carbocycles. The van der Waals surface area contributed by atoms with E-state index in [1.54, 1.807) is 12.1 Å². The highest BCUT2D eigenvalue weighted by atomic mass is 35.5. The number of ether oxygens (including phenoxy) is 2. The van der Waals surface area contributed by atoms with Crippen molar-refractivity contribution in [1.29, 1.82) is 0 Å². The lowest BCUT2D eigenvalue weighted by atomic mass is 9.39. The Bertz CT molecular complexity index is 1090. The van der Waals surface area contributed by atoms with Crippen LogP contribution in [0.15, 0.2) is 22.6 Å². The van der Waals surface area contributed by atoms with Gasteiger partial charge in [-0.25, -0.2) is 0 Å². The van der Waals surface area contributed by atoms with Gasteiger partial charge in [0.25, 0.3) is 5.91 Å². The van der Waals surface area contributed by atoms with Crippen LogP contribution in [-0.2, 0) is 21.4 Å². The number of nitrogens with zero attached hydrogens (tertiary/aromatic N) is 2. The van der Waals surface area contributed by atoms with Crippen molar-refractivity contribution in [2.24, 2.45) is 0 Å². The van der Waals surface area contributed by atoms with E-state index >= 15 is 0 Å². The van der Waals surface area contributed by atoms with Gasteiger partial charge in [-0.15, -0.1) is 23.4 Å². The van der Waals surface area contributed by atoms with Crippen LogP contribution in [0, 0.1) is 0 Å². The minimum Gasteiger partial charge on any atom is -0.480 e. The molecule has 0 spiro atoms. The maximum atomic E-state index is 12.8. The van der Waals surface area contributed by atoms with Crippen molar-refractivity contribution >= 4 is 17.5 Å². The smallest absolute Gasteiger partial charge is 0.480 e. The predicted molar refractivity (Wildman–Crippen MR) is 108 cm³/mol. The number of halogens is 4. The lowest BCUT2D eigenvalue weighted by Gasteiger charge is -2.68. The quantitative estimate of drug-likeness (QED) is 0.686. The van der Waals surface area contributed by atoms with E-state index in [1.807, 2.05) is 6.07 Å². The molecule has 2 bridgehead atoms. The fourth-order valence-electron chi connectivity index (χ4n) is 5.70. The number of carbonyl (C=O) groups is 1. The highest BCUT2D eigenvalue weighted by Crippen LogP contribution is 2.67. The summed E-state index contributed by atoms with van der Waals surface area (Å²) in [6.07, 6.45) is -2.16. The lowest BCUT2D eigenvalue weighted by molar-refractivity contribution is -0.352. The van der Waals surface area contributed by atoms with E-state index in [2.05, 4.69) is 20.3 Å². The van der Waals surface area contributed by atoms with Gasteiger partial charge in [0.2, 0.25) is 11.8 Å². The van der Waals surface area contributed by atoms with Gasteiger partial charge in [0, 0.05) is 16.5 Å². The van der Waals surface area contributed by atoms with Gasteiger partial charge in [0.1, 0.15) is 5.75 Å². The molecule has 7 rings (SSSR count). The number of fused-ring (bicyclic) bond motifs is 1. The number of aryl methyl sites for hydroxylation is 1. The van der Waals surface area contributed by atoms with E-state index in [4.69, 9.17) is 20.8 Å². The van der Waals surface area contributed by atoms with E-state index in [0.29, 0.717) is 48.2 Å². The normalized spacial score (nSPS) is 34.2. The van der Waals surface area contributed by atoms with Gasteiger partial charge in [0.05, 0.1) is 11.5 Å². The zero-order valence-corrected chi connectivity index (χ0v) is 18.2. The molecule has 1 atom stereocenters. The number of hydrogen-bond donors (Lipinski definition) is 1. The van der Waals surface area contributed by atoms with Gasteiger partial charge in [0.15, 0.2) is 6.10 Å². The van der Waals surface area contributed by atoms with Gasteiger partial charge in [-0.1, -0.05) is 11.6 Å². The van der Waals surface area contributed by atoms with Gasteiger partial charge in [-0.2, -0.15) is 0 Å². The molecular formula is C22H21ClF3N3O4. The predicted octanol–water partition coefficient (Wildman–Crippen LogP) is 4.19. The Hall–Kier alpha value is -2.33. The third kappa shape index (κ3) is 3.67. The van der Waals surface area contributed by atoms with Gasteiger partial charge in [-0.3, -0.25) is 9.53 Å². The molecule has 4 fully saturated rings. The Morgan fingerprint density at radius 3 is 2.70 bits per heavy atom. The summed E-state index contributed by atoms with van der Waals surface area (Å²) in [6, 6.07) is 5.40. The molecule has 7 nitrogen and oxygen atoms in total. The molecule has 0 unspecified atom stereocenters. The van der Waals surface area contributed by atoms with E-state index in [0.717, 1.165) is 12.0 Å². The molecule has 4 saturated carbocycles. The fourth-order valence-corrected chi connectivity index (χ4v) is 5.89. The topological polar surface area (TPSA) is 86.5 Å². The van der Waals surface area contributed by atoms with Crippen LogP contribution in [0.2, 0.25) is 5.02 Å². The van der Waals surface area contributed by atoms with Gasteiger partial charge >= 0.3 is 6.36 Å². The molecule has 1 aromatic carbocycles. The molecular weight excluding hydrogens is 463 g/mol. The second kappa shape index (κ2) is 7.09. The first-order valence-corrected chi connectivity index (χ1v) is 11.4. The van der Waals surface area contributed by atoms with Crippen LogP contribution < -0.4 is 10.1 Å². The van der Waals surface area contributed by atoms with Crippen molar-refractivity contribution in [3.63, 3.8) is 0 Å². The zero-order valence-electron chi connectivity index (χ0n) is 17.5. The van der Waals surface area contributed by atoms with E-state index < -0.39 is 18.6 Å². The highest BCUT2D eigenvalue weighted by molar-refractivity contribution is 6.30. The largest absolute Gasteiger partial charge is 0.522 e. The molecule has 0 saturated heterocycles. The van der Waals surface area contributed by atoms with Crippen molar-refractivity contribution in [2.45, 2.75) is 80.4 Å². The molecule has 1 amide bonds. The number of hydrogen-bond acceptors (Lipinski definition) is 6. The standard InChI is InChI=1S/C22H21ClF3N3O4/c23-13-2-4-15-11(5-13)1-3-16(31-15)17(30)27-21-8-20(9-21,10-21)19-29-28-18(32-19)12-6-14(7-12)33-22(24,25)26/h2,4-5,12,14,16H,1,3,6-10H2,(H,27,30)/t12-,14+,16-,20?,21?/m0/s1. The molecule has 1 aliphatic heterocycles. The number of rotatable bonds is 5. The van der Waals surface area contributed by atoms with Crippen molar-refractivity contribution in [2.75, 3.05) is 0 Å². The first-order chi connectivity index (χ1) is 15.6. The summed E-state index contributed by atoms with van der Waals surface area (Å²) in [5.74, 6) is 1.23. The molecule has 1 aromatic heterocycles. The van der Waals surface area contributed by atoms with E-state index in [1.165, 1.54) is 0 Å². The minimum atomic E-state index is -4.63. The first-order valence-electron chi connectivity index (χ1n) is 11.0. The molecule has 2 heterocycles. The number of amides is 1. The summed E-state index contributed by atoms with van der Waals surface area (Å²) in [4.78, 5) is 12.8. The monoisotopic (exact) mass is 483 g/mol. The van der Waals surface area contributed by atoms with Crippen LogP contribution in [0.1, 0.15) is 61.8 Å². The number of alkyl halides is 3. The van der Waals surface area contributed by atoms with Crippen molar-refractivity contribution in [1.82, 2.24) is 15.5 Å². The third-order valence-corrected chi connectivity index (χ3v) is 7.55. The average molecular weight is 484 g/mol. The summed E-state index contributed by atoms with van der Waals surface area (Å²) >= 11 is 6.02. The zero-order chi connectivity index (χ0) is 23.0. The van der Waals surface area contributed by atoms with Crippen molar-refractivity contribution in [3.8, 4) is 5.75 Å². The van der Waals surface area contributed by atoms with Crippen LogP contribution in [0.25, 0.3) is 0 Å². The molecule has 176 valence electrons. The van der Waals surface area contributed by atoms with Crippen LogP contribution in [0.4, 0.5) is 13.2 Å². The van der Waals surface area contributed by atoms with E-state index in [-0.39, 0.29) is 35.6 Å². The maximum Gasteiger partial charge on any atom is 0.522 e. The summed E-state index contributed by atoms with van der Waals surface area (Å²) < 4.78 is 52.6. The van der Waals surface area contributed by atoms with Gasteiger partial charge < -0.3 is 14.5 Å². The molecule has 2 aromatic rings. The average Bonchev–Trinajstić information content (AvgIpc) is 3.13. The summed E-state index contributed by atoms with van der Waals surface area (Å²) in [6.45, 7) is 0. The Morgan fingerprint density at radius 1 is 1.21 bits per heavy atom. The SMILES string of the molecule is O=C(NC12CC(c3nnc([C@H]4C[C@@H](OC(F)(F)F)C4)o3)(C1)C2)[C@@H]1CCc2cc(Cl)ccc2O1. The summed E-state index contributed by atoms with van der Waals surface area (Å²) in [5, 5.41) is 12.0. The second-order valence-electron chi connectivity index (χ2n) is 9.78. The molecule has 11 heteroatoms. The van der Waals surface area contributed by atoms with Crippen LogP contribution in [-0.4, -0.2) is 40.2 Å². The Labute approximate surface area is 192 Å². The molecule has 5 aliphatic rings. The molecule has 33 heavy (non-hydrogen) atoms. The van der Waals surface area contributed by atoms with Crippen LogP contribution >= 0.6 is 11.6 Å². The van der Waals surface area contributed by atoms with Crippen LogP contribution in [0.5, 0.6) is 5.75 Å². The third-order valence-electron chi connectivity index (χ3n) is 7.32. The summed E-state index contributed by atoms with van der Waals surface area (Å²) in [7, 11) is 0. The number of carbonyl (C=O) groups excluding carboxylic acids is 1. The first kappa shape index (κ1) is 21.2. The number of nitrogens with one attached hydrogen (secondary N) is 1. The summed E-state index contributed by atoms with van der Waals surface area (Å²) in [5.41, 5.74) is 0.476. The lowest BCUT2D eigenvalue weighted by Crippen LogP contribution is -2.77. The van der Waals surface area contributed by atoms with Crippen molar-refractivity contribution in [3.05, 3.63) is 40.6 Å². The molecule has 0 radical (unpaired) electrons. The number of aromatic nitrogens is 2. The fraction of sp³-hybridized carbons (Fsp3) is 0.591. The Kier molecular flexibility index (Phi) is 4.56. The Balaban J connectivity index is 1.02. The van der Waals surface area contributed by atoms with Crippen LogP contribution in [0.3, 0.4) is 0 Å². The Morgan fingerprint density at radius 2 is 1.97 bits per heavy atom. The van der Waals surface area contributed by atoms with Gasteiger partial charge in [-0.05, 0) is 68.7 Å².